The molecular weight excluding hydrogens is 418 g/mol. The van der Waals surface area contributed by atoms with E-state index in [0.29, 0.717) is 18.1 Å². The number of hydrogen-bond donors (Lipinski definition) is 3. The lowest BCUT2D eigenvalue weighted by molar-refractivity contribution is -0.116. The van der Waals surface area contributed by atoms with Crippen molar-refractivity contribution in [2.24, 2.45) is 0 Å². The molecule has 0 aliphatic carbocycles. The number of carbonyl (C=O) groups is 1. The van der Waals surface area contributed by atoms with Crippen molar-refractivity contribution < 1.29 is 4.79 Å². The molecule has 3 heterocycles. The number of amides is 1. The number of nitrogens with zero attached hydrogens (tertiary/aromatic N) is 2. The zero-order chi connectivity index (χ0) is 22.7. The summed E-state index contributed by atoms with van der Waals surface area (Å²) in [6.07, 6.45) is 3.01. The number of H-pyrrole nitrogens is 1. The van der Waals surface area contributed by atoms with Crippen LogP contribution >= 0.6 is 12.2 Å². The average Bonchev–Trinajstić information content (AvgIpc) is 3.30. The van der Waals surface area contributed by atoms with E-state index in [1.807, 2.05) is 42.5 Å². The second-order valence-electron chi connectivity index (χ2n) is 8.16. The summed E-state index contributed by atoms with van der Waals surface area (Å²) >= 11 is 5.71. The van der Waals surface area contributed by atoms with Crippen LogP contribution in [0, 0.1) is 13.8 Å². The number of carbonyl (C=O) groups excluding carboxylic acids is 1. The minimum atomic E-state index is -0.0820. The van der Waals surface area contributed by atoms with E-state index in [1.54, 1.807) is 6.20 Å². The Morgan fingerprint density at radius 3 is 2.66 bits per heavy atom. The van der Waals surface area contributed by atoms with E-state index in [4.69, 9.17) is 12.2 Å². The van der Waals surface area contributed by atoms with Gasteiger partial charge in [0.15, 0.2) is 5.11 Å². The maximum Gasteiger partial charge on any atom is 0.226 e. The lowest BCUT2D eigenvalue weighted by Gasteiger charge is -2.27. The second kappa shape index (κ2) is 9.53. The molecule has 0 unspecified atom stereocenters. The molecule has 1 aromatic carbocycles. The molecule has 32 heavy (non-hydrogen) atoms. The number of nitrogens with one attached hydrogen (secondary N) is 3. The van der Waals surface area contributed by atoms with Crippen LogP contribution in [0.4, 0.5) is 5.69 Å². The maximum atomic E-state index is 12.8. The van der Waals surface area contributed by atoms with Gasteiger partial charge in [-0.25, -0.2) is 0 Å². The van der Waals surface area contributed by atoms with Gasteiger partial charge in [-0.2, -0.15) is 0 Å². The molecule has 166 valence electrons. The number of para-hydroxylation sites is 1. The van der Waals surface area contributed by atoms with Crippen LogP contribution in [0.2, 0.25) is 0 Å². The SMILES string of the molecule is CCc1ccccc1NC(=O)CCN1C(=S)N[C@H](c2ccccn2)[C@H]1c1cc(C)[nH]c1C. The highest BCUT2D eigenvalue weighted by molar-refractivity contribution is 7.80. The summed E-state index contributed by atoms with van der Waals surface area (Å²) in [7, 11) is 0. The van der Waals surface area contributed by atoms with Crippen molar-refractivity contribution >= 4 is 28.9 Å². The Morgan fingerprint density at radius 2 is 1.97 bits per heavy atom. The van der Waals surface area contributed by atoms with Gasteiger partial charge in [0.05, 0.1) is 17.8 Å². The van der Waals surface area contributed by atoms with Gasteiger partial charge in [0.1, 0.15) is 0 Å². The fourth-order valence-corrected chi connectivity index (χ4v) is 4.75. The third-order valence-electron chi connectivity index (χ3n) is 5.96. The van der Waals surface area contributed by atoms with Crippen molar-refractivity contribution in [1.82, 2.24) is 20.2 Å². The molecule has 4 rings (SSSR count). The van der Waals surface area contributed by atoms with Gasteiger partial charge in [0.2, 0.25) is 5.91 Å². The van der Waals surface area contributed by atoms with E-state index >= 15 is 0 Å². The molecule has 1 aliphatic heterocycles. The Hall–Kier alpha value is -3.19. The standard InChI is InChI=1S/C25H29N5OS/c1-4-18-9-5-6-10-20(18)28-22(31)12-14-30-24(19-15-16(2)27-17(19)3)23(29-25(30)32)21-11-7-8-13-26-21/h5-11,13,15,23-24,27H,4,12,14H2,1-3H3,(H,28,31)(H,29,32)/t23-,24-/m1/s1. The third-order valence-corrected chi connectivity index (χ3v) is 6.31. The number of anilines is 1. The first kappa shape index (κ1) is 22.0. The lowest BCUT2D eigenvalue weighted by Crippen LogP contribution is -2.32. The Kier molecular flexibility index (Phi) is 6.55. The average molecular weight is 448 g/mol. The summed E-state index contributed by atoms with van der Waals surface area (Å²) in [6, 6.07) is 15.9. The highest BCUT2D eigenvalue weighted by atomic mass is 32.1. The van der Waals surface area contributed by atoms with Crippen molar-refractivity contribution in [1.29, 1.82) is 0 Å². The largest absolute Gasteiger partial charge is 0.362 e. The van der Waals surface area contributed by atoms with E-state index < -0.39 is 0 Å². The minimum absolute atomic E-state index is 0.0179. The molecule has 2 aromatic heterocycles. The first-order valence-corrected chi connectivity index (χ1v) is 11.4. The molecule has 0 spiro atoms. The van der Waals surface area contributed by atoms with Crippen LogP contribution < -0.4 is 10.6 Å². The molecular formula is C25H29N5OS. The number of aromatic amines is 1. The fraction of sp³-hybridized carbons (Fsp3) is 0.320. The van der Waals surface area contributed by atoms with Gasteiger partial charge in [0, 0.05) is 36.2 Å². The molecule has 6 nitrogen and oxygen atoms in total. The van der Waals surface area contributed by atoms with Crippen LogP contribution in [-0.4, -0.2) is 32.4 Å². The molecule has 1 saturated heterocycles. The lowest BCUT2D eigenvalue weighted by atomic mass is 9.96. The maximum absolute atomic E-state index is 12.8. The summed E-state index contributed by atoms with van der Waals surface area (Å²) in [5, 5.41) is 7.16. The zero-order valence-corrected chi connectivity index (χ0v) is 19.5. The second-order valence-corrected chi connectivity index (χ2v) is 8.55. The molecule has 1 aliphatic rings. The van der Waals surface area contributed by atoms with Crippen LogP contribution in [0.25, 0.3) is 0 Å². The minimum Gasteiger partial charge on any atom is -0.362 e. The summed E-state index contributed by atoms with van der Waals surface area (Å²) in [4.78, 5) is 22.9. The van der Waals surface area contributed by atoms with Gasteiger partial charge in [-0.15, -0.1) is 0 Å². The normalized spacial score (nSPS) is 18.0. The molecule has 7 heteroatoms. The predicted octanol–water partition coefficient (Wildman–Crippen LogP) is 4.59. The van der Waals surface area contributed by atoms with E-state index in [9.17, 15) is 4.79 Å². The Morgan fingerprint density at radius 1 is 1.19 bits per heavy atom. The van der Waals surface area contributed by atoms with Crippen LogP contribution in [0.5, 0.6) is 0 Å². The quantitative estimate of drug-likeness (QED) is 0.462. The van der Waals surface area contributed by atoms with Crippen molar-refractivity contribution in [3.05, 3.63) is 82.9 Å². The van der Waals surface area contributed by atoms with Crippen LogP contribution in [0.3, 0.4) is 0 Å². The van der Waals surface area contributed by atoms with Crippen LogP contribution in [0.1, 0.15) is 53.6 Å². The van der Waals surface area contributed by atoms with E-state index in [2.05, 4.69) is 52.3 Å². The number of thiocarbonyl (C=S) groups is 1. The predicted molar refractivity (Wildman–Crippen MR) is 131 cm³/mol. The van der Waals surface area contributed by atoms with Crippen LogP contribution in [-0.2, 0) is 11.2 Å². The third kappa shape index (κ3) is 4.53. The van der Waals surface area contributed by atoms with Gasteiger partial charge in [-0.1, -0.05) is 31.2 Å². The fourth-order valence-electron chi connectivity index (χ4n) is 4.42. The van der Waals surface area contributed by atoms with E-state index in [0.717, 1.165) is 34.8 Å². The first-order valence-electron chi connectivity index (χ1n) is 11.0. The number of hydrogen-bond acceptors (Lipinski definition) is 3. The molecule has 1 fully saturated rings. The monoisotopic (exact) mass is 447 g/mol. The topological polar surface area (TPSA) is 73.1 Å². The van der Waals surface area contributed by atoms with Crippen molar-refractivity contribution in [2.45, 2.75) is 45.7 Å². The Bertz CT molecular complexity index is 1110. The summed E-state index contributed by atoms with van der Waals surface area (Å²) in [5.74, 6) is -0.0179. The van der Waals surface area contributed by atoms with Gasteiger partial charge < -0.3 is 20.5 Å². The molecule has 0 bridgehead atoms. The molecule has 3 N–H and O–H groups in total. The van der Waals surface area contributed by atoms with Crippen molar-refractivity contribution in [3.63, 3.8) is 0 Å². The Labute approximate surface area is 194 Å². The number of aryl methyl sites for hydroxylation is 3. The molecule has 3 aromatic rings. The van der Waals surface area contributed by atoms with Crippen molar-refractivity contribution in [3.8, 4) is 0 Å². The highest BCUT2D eigenvalue weighted by Crippen LogP contribution is 2.40. The van der Waals surface area contributed by atoms with E-state index in [-0.39, 0.29) is 18.0 Å². The smallest absolute Gasteiger partial charge is 0.226 e. The van der Waals surface area contributed by atoms with E-state index in [1.165, 1.54) is 5.56 Å². The molecule has 0 radical (unpaired) electrons. The van der Waals surface area contributed by atoms with Gasteiger partial charge in [-0.05, 0) is 67.9 Å². The number of pyridine rings is 1. The number of benzene rings is 1. The highest BCUT2D eigenvalue weighted by Gasteiger charge is 2.40. The summed E-state index contributed by atoms with van der Waals surface area (Å²) in [5.41, 5.74) is 6.31. The molecule has 0 saturated carbocycles. The molecule has 1 amide bonds. The van der Waals surface area contributed by atoms with Gasteiger partial charge in [-0.3, -0.25) is 9.78 Å². The summed E-state index contributed by atoms with van der Waals surface area (Å²) < 4.78 is 0. The Balaban J connectivity index is 1.55. The first-order chi connectivity index (χ1) is 15.5. The number of rotatable bonds is 7. The summed E-state index contributed by atoms with van der Waals surface area (Å²) in [6.45, 7) is 6.73. The zero-order valence-electron chi connectivity index (χ0n) is 18.7. The van der Waals surface area contributed by atoms with Crippen molar-refractivity contribution in [2.75, 3.05) is 11.9 Å². The molecule has 2 atom stereocenters. The van der Waals surface area contributed by atoms with Crippen LogP contribution in [0.15, 0.2) is 54.7 Å². The van der Waals surface area contributed by atoms with Gasteiger partial charge in [0.25, 0.3) is 0 Å². The van der Waals surface area contributed by atoms with Gasteiger partial charge >= 0.3 is 0 Å². The number of aromatic nitrogens is 2.